The summed E-state index contributed by atoms with van der Waals surface area (Å²) in [6, 6.07) is 8.61. The van der Waals surface area contributed by atoms with E-state index in [0.29, 0.717) is 0 Å². The van der Waals surface area contributed by atoms with E-state index in [1.54, 1.807) is 0 Å². The molecule has 1 aromatic rings. The van der Waals surface area contributed by atoms with Gasteiger partial charge in [0.1, 0.15) is 0 Å². The van der Waals surface area contributed by atoms with E-state index in [2.05, 4.69) is 70.0 Å². The van der Waals surface area contributed by atoms with Crippen LogP contribution in [-0.4, -0.2) is 25.0 Å². The number of likely N-dealkylation sites (N-methyl/N-ethyl adjacent to an activating group) is 1. The lowest BCUT2D eigenvalue weighted by Gasteiger charge is -2.16. The molecule has 1 nitrogen and oxygen atoms in total. The number of benzene rings is 1. The SMILES string of the molecule is C/C(=C\CN(C)CCCC(C)C)c1ccccc1C. The molecule has 0 atom stereocenters. The second-order valence-electron chi connectivity index (χ2n) is 6.00. The zero-order chi connectivity index (χ0) is 14.3. The van der Waals surface area contributed by atoms with Crippen LogP contribution in [0, 0.1) is 12.8 Å². The van der Waals surface area contributed by atoms with Crippen LogP contribution in [0.15, 0.2) is 30.3 Å². The van der Waals surface area contributed by atoms with Gasteiger partial charge in [-0.25, -0.2) is 0 Å². The fourth-order valence-electron chi connectivity index (χ4n) is 2.28. The summed E-state index contributed by atoms with van der Waals surface area (Å²) in [6.45, 7) is 11.2. The normalized spacial score (nSPS) is 12.5. The van der Waals surface area contributed by atoms with Crippen LogP contribution in [0.3, 0.4) is 0 Å². The van der Waals surface area contributed by atoms with Crippen molar-refractivity contribution in [1.82, 2.24) is 4.90 Å². The van der Waals surface area contributed by atoms with Crippen molar-refractivity contribution in [1.29, 1.82) is 0 Å². The predicted molar refractivity (Wildman–Crippen MR) is 86.4 cm³/mol. The Labute approximate surface area is 119 Å². The number of hydrogen-bond acceptors (Lipinski definition) is 1. The van der Waals surface area contributed by atoms with Gasteiger partial charge in [0, 0.05) is 6.54 Å². The van der Waals surface area contributed by atoms with Crippen LogP contribution in [-0.2, 0) is 0 Å². The van der Waals surface area contributed by atoms with Crippen LogP contribution >= 0.6 is 0 Å². The van der Waals surface area contributed by atoms with Crippen molar-refractivity contribution in [2.45, 2.75) is 40.5 Å². The molecule has 0 aliphatic carbocycles. The summed E-state index contributed by atoms with van der Waals surface area (Å²) in [4.78, 5) is 2.41. The second-order valence-corrected chi connectivity index (χ2v) is 6.00. The molecule has 0 radical (unpaired) electrons. The topological polar surface area (TPSA) is 3.24 Å². The zero-order valence-electron chi connectivity index (χ0n) is 13.2. The van der Waals surface area contributed by atoms with Crippen molar-refractivity contribution in [3.05, 3.63) is 41.5 Å². The third-order valence-electron chi connectivity index (χ3n) is 3.60. The molecule has 0 aromatic heterocycles. The maximum Gasteiger partial charge on any atom is 0.0165 e. The number of rotatable bonds is 7. The number of nitrogens with zero attached hydrogens (tertiary/aromatic N) is 1. The summed E-state index contributed by atoms with van der Waals surface area (Å²) < 4.78 is 0. The molecule has 0 saturated heterocycles. The highest BCUT2D eigenvalue weighted by atomic mass is 15.1. The minimum Gasteiger partial charge on any atom is -0.303 e. The van der Waals surface area contributed by atoms with E-state index in [9.17, 15) is 0 Å². The first-order chi connectivity index (χ1) is 9.00. The van der Waals surface area contributed by atoms with Gasteiger partial charge in [0.25, 0.3) is 0 Å². The minimum atomic E-state index is 0.817. The molecule has 0 unspecified atom stereocenters. The first-order valence-corrected chi connectivity index (χ1v) is 7.42. The number of aryl methyl sites for hydroxylation is 1. The number of allylic oxidation sites excluding steroid dienone is 1. The fourth-order valence-corrected chi connectivity index (χ4v) is 2.28. The van der Waals surface area contributed by atoms with E-state index in [1.165, 1.54) is 36.1 Å². The molecule has 0 spiro atoms. The van der Waals surface area contributed by atoms with E-state index < -0.39 is 0 Å². The predicted octanol–water partition coefficient (Wildman–Crippen LogP) is 4.77. The molecule has 19 heavy (non-hydrogen) atoms. The quantitative estimate of drug-likeness (QED) is 0.682. The van der Waals surface area contributed by atoms with Crippen molar-refractivity contribution in [3.8, 4) is 0 Å². The maximum atomic E-state index is 2.41. The molecule has 106 valence electrons. The smallest absolute Gasteiger partial charge is 0.0165 e. The molecule has 0 saturated carbocycles. The van der Waals surface area contributed by atoms with Crippen LogP contribution in [0.25, 0.3) is 5.57 Å². The van der Waals surface area contributed by atoms with E-state index in [1.807, 2.05) is 0 Å². The molecule has 0 aliphatic rings. The molecule has 0 N–H and O–H groups in total. The summed E-state index contributed by atoms with van der Waals surface area (Å²) in [5.41, 5.74) is 4.12. The molecular weight excluding hydrogens is 230 g/mol. The van der Waals surface area contributed by atoms with Gasteiger partial charge in [-0.3, -0.25) is 0 Å². The van der Waals surface area contributed by atoms with Crippen molar-refractivity contribution < 1.29 is 0 Å². The third kappa shape index (κ3) is 6.07. The zero-order valence-corrected chi connectivity index (χ0v) is 13.2. The molecule has 0 heterocycles. The summed E-state index contributed by atoms with van der Waals surface area (Å²) in [7, 11) is 2.21. The summed E-state index contributed by atoms with van der Waals surface area (Å²) in [6.07, 6.45) is 4.97. The standard InChI is InChI=1S/C18H29N/c1-15(2)9-8-13-19(5)14-12-17(4)18-11-7-6-10-16(18)3/h6-7,10-12,15H,8-9,13-14H2,1-5H3/b17-12+. The largest absolute Gasteiger partial charge is 0.303 e. The molecule has 0 amide bonds. The van der Waals surface area contributed by atoms with Crippen molar-refractivity contribution in [3.63, 3.8) is 0 Å². The first-order valence-electron chi connectivity index (χ1n) is 7.42. The molecular formula is C18H29N. The van der Waals surface area contributed by atoms with E-state index in [4.69, 9.17) is 0 Å². The van der Waals surface area contributed by atoms with E-state index in [0.717, 1.165) is 12.5 Å². The molecule has 0 aliphatic heterocycles. The Morgan fingerprint density at radius 1 is 1.26 bits per heavy atom. The van der Waals surface area contributed by atoms with Gasteiger partial charge in [-0.1, -0.05) is 44.2 Å². The average Bonchev–Trinajstić information content (AvgIpc) is 2.36. The number of hydrogen-bond donors (Lipinski definition) is 0. The molecule has 0 bridgehead atoms. The van der Waals surface area contributed by atoms with Gasteiger partial charge in [0.05, 0.1) is 0 Å². The first kappa shape index (κ1) is 16.0. The van der Waals surface area contributed by atoms with Gasteiger partial charge < -0.3 is 4.90 Å². The Hall–Kier alpha value is -1.08. The van der Waals surface area contributed by atoms with Gasteiger partial charge in [-0.2, -0.15) is 0 Å². The lowest BCUT2D eigenvalue weighted by molar-refractivity contribution is 0.348. The minimum absolute atomic E-state index is 0.817. The fraction of sp³-hybridized carbons (Fsp3) is 0.556. The van der Waals surface area contributed by atoms with Gasteiger partial charge in [0.15, 0.2) is 0 Å². The Balaban J connectivity index is 2.45. The second kappa shape index (κ2) is 8.16. The van der Waals surface area contributed by atoms with Gasteiger partial charge in [-0.05, 0) is 62.9 Å². The lowest BCUT2D eigenvalue weighted by atomic mass is 10.0. The highest BCUT2D eigenvalue weighted by Crippen LogP contribution is 2.17. The lowest BCUT2D eigenvalue weighted by Crippen LogP contribution is -2.20. The third-order valence-corrected chi connectivity index (χ3v) is 3.60. The van der Waals surface area contributed by atoms with E-state index in [-0.39, 0.29) is 0 Å². The van der Waals surface area contributed by atoms with Crippen LogP contribution in [0.2, 0.25) is 0 Å². The van der Waals surface area contributed by atoms with Crippen LogP contribution in [0.1, 0.15) is 44.7 Å². The molecule has 1 heteroatoms. The average molecular weight is 259 g/mol. The van der Waals surface area contributed by atoms with Crippen LogP contribution in [0.5, 0.6) is 0 Å². The van der Waals surface area contributed by atoms with Gasteiger partial charge >= 0.3 is 0 Å². The molecule has 1 aromatic carbocycles. The van der Waals surface area contributed by atoms with Gasteiger partial charge in [0.2, 0.25) is 0 Å². The van der Waals surface area contributed by atoms with Gasteiger partial charge in [-0.15, -0.1) is 0 Å². The summed E-state index contributed by atoms with van der Waals surface area (Å²) >= 11 is 0. The van der Waals surface area contributed by atoms with Crippen LogP contribution in [0.4, 0.5) is 0 Å². The Morgan fingerprint density at radius 2 is 1.95 bits per heavy atom. The Bertz CT molecular complexity index is 404. The monoisotopic (exact) mass is 259 g/mol. The summed E-state index contributed by atoms with van der Waals surface area (Å²) in [5, 5.41) is 0. The van der Waals surface area contributed by atoms with Crippen molar-refractivity contribution >= 4 is 5.57 Å². The Kier molecular flexibility index (Phi) is 6.86. The molecule has 0 fully saturated rings. The van der Waals surface area contributed by atoms with Crippen molar-refractivity contribution in [2.24, 2.45) is 5.92 Å². The highest BCUT2D eigenvalue weighted by molar-refractivity contribution is 5.66. The van der Waals surface area contributed by atoms with E-state index >= 15 is 0 Å². The highest BCUT2D eigenvalue weighted by Gasteiger charge is 2.01. The van der Waals surface area contributed by atoms with Crippen molar-refractivity contribution in [2.75, 3.05) is 20.1 Å². The Morgan fingerprint density at radius 3 is 2.58 bits per heavy atom. The van der Waals surface area contributed by atoms with Crippen LogP contribution < -0.4 is 0 Å². The maximum absolute atomic E-state index is 2.41. The summed E-state index contributed by atoms with van der Waals surface area (Å²) in [5.74, 6) is 0.817. The molecule has 1 rings (SSSR count).